The van der Waals surface area contributed by atoms with Gasteiger partial charge in [0.25, 0.3) is 0 Å². The number of aryl methyl sites for hydroxylation is 1. The molecular weight excluding hydrogens is 231 g/mol. The van der Waals surface area contributed by atoms with Crippen LogP contribution in [-0.4, -0.2) is 23.9 Å². The molecule has 0 heterocycles. The zero-order valence-electron chi connectivity index (χ0n) is 10.8. The van der Waals surface area contributed by atoms with Gasteiger partial charge in [0.2, 0.25) is 5.91 Å². The Balaban J connectivity index is 1.96. The molecule has 0 radical (unpaired) electrons. The lowest BCUT2D eigenvalue weighted by Gasteiger charge is -2.34. The average Bonchev–Trinajstić information content (AvgIpc) is 2.29. The third kappa shape index (κ3) is 2.70. The second-order valence-corrected chi connectivity index (χ2v) is 5.21. The van der Waals surface area contributed by atoms with Crippen LogP contribution in [0.25, 0.3) is 0 Å². The quantitative estimate of drug-likeness (QED) is 0.889. The van der Waals surface area contributed by atoms with E-state index in [-0.39, 0.29) is 23.7 Å². The van der Waals surface area contributed by atoms with Crippen molar-refractivity contribution in [3.05, 3.63) is 35.1 Å². The molecule has 2 rings (SSSR count). The van der Waals surface area contributed by atoms with Gasteiger partial charge in [-0.25, -0.2) is 4.39 Å². The number of rotatable bonds is 3. The van der Waals surface area contributed by atoms with Gasteiger partial charge in [0.1, 0.15) is 5.82 Å². The van der Waals surface area contributed by atoms with Crippen LogP contribution < -0.4 is 5.73 Å². The van der Waals surface area contributed by atoms with E-state index in [1.54, 1.807) is 31.0 Å². The summed E-state index contributed by atoms with van der Waals surface area (Å²) < 4.78 is 13.1. The lowest BCUT2D eigenvalue weighted by molar-refractivity contribution is -0.137. The summed E-state index contributed by atoms with van der Waals surface area (Å²) in [6.45, 7) is 2.25. The fourth-order valence-electron chi connectivity index (χ4n) is 2.33. The largest absolute Gasteiger partial charge is 0.341 e. The molecule has 1 aromatic carbocycles. The minimum atomic E-state index is -0.210. The van der Waals surface area contributed by atoms with Crippen molar-refractivity contribution in [1.82, 2.24) is 4.90 Å². The lowest BCUT2D eigenvalue weighted by Crippen LogP contribution is -2.45. The van der Waals surface area contributed by atoms with Crippen molar-refractivity contribution in [3.8, 4) is 0 Å². The molecule has 3 nitrogen and oxygen atoms in total. The standard InChI is InChI=1S/C14H19FN2O/c1-9-5-10(3-4-13(9)15)8-17(2)14(18)11-6-12(16)7-11/h3-5,11-12H,6-8,16H2,1-2H3. The summed E-state index contributed by atoms with van der Waals surface area (Å²) in [5.41, 5.74) is 7.25. The Bertz CT molecular complexity index is 455. The Kier molecular flexibility index (Phi) is 3.66. The van der Waals surface area contributed by atoms with Gasteiger partial charge in [-0.15, -0.1) is 0 Å². The van der Waals surface area contributed by atoms with E-state index >= 15 is 0 Å². The van der Waals surface area contributed by atoms with Crippen LogP contribution in [0.15, 0.2) is 18.2 Å². The molecular formula is C14H19FN2O. The maximum atomic E-state index is 13.1. The number of nitrogens with zero attached hydrogens (tertiary/aromatic N) is 1. The first-order chi connectivity index (χ1) is 8.47. The fourth-order valence-corrected chi connectivity index (χ4v) is 2.33. The van der Waals surface area contributed by atoms with Crippen molar-refractivity contribution >= 4 is 5.91 Å². The Morgan fingerprint density at radius 3 is 2.72 bits per heavy atom. The van der Waals surface area contributed by atoms with Crippen molar-refractivity contribution in [2.45, 2.75) is 32.4 Å². The van der Waals surface area contributed by atoms with E-state index in [0.717, 1.165) is 18.4 Å². The summed E-state index contributed by atoms with van der Waals surface area (Å²) in [6, 6.07) is 5.13. The Labute approximate surface area is 107 Å². The Hall–Kier alpha value is -1.42. The topological polar surface area (TPSA) is 46.3 Å². The van der Waals surface area contributed by atoms with Gasteiger partial charge in [-0.1, -0.05) is 12.1 Å². The fraction of sp³-hybridized carbons (Fsp3) is 0.500. The van der Waals surface area contributed by atoms with Crippen LogP contribution in [0.4, 0.5) is 4.39 Å². The van der Waals surface area contributed by atoms with E-state index in [0.29, 0.717) is 12.1 Å². The molecule has 0 spiro atoms. The van der Waals surface area contributed by atoms with Crippen molar-refractivity contribution in [2.24, 2.45) is 11.7 Å². The van der Waals surface area contributed by atoms with E-state index in [2.05, 4.69) is 0 Å². The molecule has 1 saturated carbocycles. The summed E-state index contributed by atoms with van der Waals surface area (Å²) in [7, 11) is 1.78. The van der Waals surface area contributed by atoms with Crippen LogP contribution in [0, 0.1) is 18.7 Å². The molecule has 0 atom stereocenters. The lowest BCUT2D eigenvalue weighted by atomic mass is 9.80. The first-order valence-corrected chi connectivity index (χ1v) is 6.23. The highest BCUT2D eigenvalue weighted by Crippen LogP contribution is 2.27. The summed E-state index contributed by atoms with van der Waals surface area (Å²) in [6.07, 6.45) is 1.57. The number of hydrogen-bond acceptors (Lipinski definition) is 2. The predicted octanol–water partition coefficient (Wildman–Crippen LogP) is 1.83. The van der Waals surface area contributed by atoms with Gasteiger partial charge in [0, 0.05) is 25.6 Å². The number of halogens is 1. The molecule has 18 heavy (non-hydrogen) atoms. The third-order valence-corrected chi connectivity index (χ3v) is 3.54. The number of nitrogens with two attached hydrogens (primary N) is 1. The molecule has 2 N–H and O–H groups in total. The highest BCUT2D eigenvalue weighted by atomic mass is 19.1. The zero-order valence-corrected chi connectivity index (χ0v) is 10.8. The molecule has 1 aliphatic carbocycles. The highest BCUT2D eigenvalue weighted by Gasteiger charge is 2.33. The van der Waals surface area contributed by atoms with Gasteiger partial charge < -0.3 is 10.6 Å². The SMILES string of the molecule is Cc1cc(CN(C)C(=O)C2CC(N)C2)ccc1F. The van der Waals surface area contributed by atoms with E-state index in [1.807, 2.05) is 0 Å². The number of carbonyl (C=O) groups is 1. The Morgan fingerprint density at radius 1 is 1.50 bits per heavy atom. The average molecular weight is 250 g/mol. The third-order valence-electron chi connectivity index (χ3n) is 3.54. The summed E-state index contributed by atoms with van der Waals surface area (Å²) in [5, 5.41) is 0. The van der Waals surface area contributed by atoms with E-state index < -0.39 is 0 Å². The van der Waals surface area contributed by atoms with Gasteiger partial charge >= 0.3 is 0 Å². The van der Waals surface area contributed by atoms with Crippen LogP contribution >= 0.6 is 0 Å². The maximum Gasteiger partial charge on any atom is 0.225 e. The molecule has 1 amide bonds. The molecule has 0 bridgehead atoms. The highest BCUT2D eigenvalue weighted by molar-refractivity contribution is 5.79. The molecule has 4 heteroatoms. The second kappa shape index (κ2) is 5.06. The molecule has 1 fully saturated rings. The first kappa shape index (κ1) is 13.0. The van der Waals surface area contributed by atoms with Crippen molar-refractivity contribution in [3.63, 3.8) is 0 Å². The minimum absolute atomic E-state index is 0.0755. The monoisotopic (exact) mass is 250 g/mol. The van der Waals surface area contributed by atoms with Gasteiger partial charge in [0.05, 0.1) is 0 Å². The van der Waals surface area contributed by atoms with E-state index in [4.69, 9.17) is 5.73 Å². The van der Waals surface area contributed by atoms with Crippen molar-refractivity contribution < 1.29 is 9.18 Å². The van der Waals surface area contributed by atoms with Gasteiger partial charge in [0.15, 0.2) is 0 Å². The summed E-state index contributed by atoms with van der Waals surface area (Å²) in [5.74, 6) is 0.00270. The van der Waals surface area contributed by atoms with Crippen LogP contribution in [0.5, 0.6) is 0 Å². The minimum Gasteiger partial charge on any atom is -0.341 e. The van der Waals surface area contributed by atoms with E-state index in [9.17, 15) is 9.18 Å². The first-order valence-electron chi connectivity index (χ1n) is 6.23. The molecule has 1 aliphatic rings. The zero-order chi connectivity index (χ0) is 13.3. The second-order valence-electron chi connectivity index (χ2n) is 5.21. The number of benzene rings is 1. The smallest absolute Gasteiger partial charge is 0.225 e. The van der Waals surface area contributed by atoms with Crippen LogP contribution in [0.2, 0.25) is 0 Å². The van der Waals surface area contributed by atoms with E-state index in [1.165, 1.54) is 6.07 Å². The molecule has 98 valence electrons. The van der Waals surface area contributed by atoms with Gasteiger partial charge in [-0.05, 0) is 37.0 Å². The van der Waals surface area contributed by atoms with Gasteiger partial charge in [-0.3, -0.25) is 4.79 Å². The van der Waals surface area contributed by atoms with Crippen molar-refractivity contribution in [2.75, 3.05) is 7.05 Å². The van der Waals surface area contributed by atoms with Gasteiger partial charge in [-0.2, -0.15) is 0 Å². The van der Waals surface area contributed by atoms with Crippen molar-refractivity contribution in [1.29, 1.82) is 0 Å². The predicted molar refractivity (Wildman–Crippen MR) is 68.3 cm³/mol. The molecule has 0 unspecified atom stereocenters. The number of hydrogen-bond donors (Lipinski definition) is 1. The Morgan fingerprint density at radius 2 is 2.17 bits per heavy atom. The molecule has 0 aliphatic heterocycles. The normalized spacial score (nSPS) is 22.4. The maximum absolute atomic E-state index is 13.1. The van der Waals surface area contributed by atoms with Crippen LogP contribution in [0.3, 0.4) is 0 Å². The molecule has 1 aromatic rings. The summed E-state index contributed by atoms with van der Waals surface area (Å²) >= 11 is 0. The van der Waals surface area contributed by atoms with Crippen LogP contribution in [0.1, 0.15) is 24.0 Å². The molecule has 0 saturated heterocycles. The number of carbonyl (C=O) groups excluding carboxylic acids is 1. The number of amides is 1. The van der Waals surface area contributed by atoms with Crippen LogP contribution in [-0.2, 0) is 11.3 Å². The summed E-state index contributed by atoms with van der Waals surface area (Å²) in [4.78, 5) is 13.7. The molecule has 0 aromatic heterocycles.